The van der Waals surface area contributed by atoms with Gasteiger partial charge in [-0.2, -0.15) is 0 Å². The van der Waals surface area contributed by atoms with E-state index in [1.165, 1.54) is 0 Å². The maximum atomic E-state index is 10.1. The van der Waals surface area contributed by atoms with Crippen LogP contribution in [0.1, 0.15) is 12.0 Å². The third-order valence-corrected chi connectivity index (χ3v) is 3.48. The number of hydrogen-bond donors (Lipinski definition) is 1. The predicted octanol–water partition coefficient (Wildman–Crippen LogP) is 1.69. The van der Waals surface area contributed by atoms with E-state index >= 15 is 0 Å². The number of rotatable bonds is 4. The molecule has 1 fully saturated rings. The third kappa shape index (κ3) is 3.20. The van der Waals surface area contributed by atoms with Gasteiger partial charge in [-0.05, 0) is 38.6 Å². The van der Waals surface area contributed by atoms with Gasteiger partial charge >= 0.3 is 0 Å². The molecule has 0 radical (unpaired) electrons. The predicted molar refractivity (Wildman–Crippen MR) is 68.3 cm³/mol. The highest BCUT2D eigenvalue weighted by atomic mass is 16.5. The second-order valence-electron chi connectivity index (χ2n) is 4.95. The van der Waals surface area contributed by atoms with Gasteiger partial charge in [0.25, 0.3) is 0 Å². The van der Waals surface area contributed by atoms with Crippen LogP contribution < -0.4 is 4.74 Å². The number of hydrogen-bond acceptors (Lipinski definition) is 3. The van der Waals surface area contributed by atoms with Crippen LogP contribution in [0.4, 0.5) is 0 Å². The van der Waals surface area contributed by atoms with E-state index in [0.29, 0.717) is 12.5 Å². The summed E-state index contributed by atoms with van der Waals surface area (Å²) in [5.74, 6) is 1.22. The minimum atomic E-state index is -0.362. The van der Waals surface area contributed by atoms with Gasteiger partial charge in [-0.25, -0.2) is 0 Å². The largest absolute Gasteiger partial charge is 0.491 e. The molecule has 2 rings (SSSR count). The first-order chi connectivity index (χ1) is 8.16. The molecule has 0 amide bonds. The highest BCUT2D eigenvalue weighted by Crippen LogP contribution is 2.21. The standard InChI is InChI=1S/C14H21NO2/c1-11-5-3-4-6-14(11)17-10-13(16)12-7-8-15(2)9-12/h3-6,12-13,16H,7-10H2,1-2H3. The summed E-state index contributed by atoms with van der Waals surface area (Å²) in [6, 6.07) is 7.91. The van der Waals surface area contributed by atoms with Crippen molar-refractivity contribution in [1.29, 1.82) is 0 Å². The van der Waals surface area contributed by atoms with Crippen LogP contribution >= 0.6 is 0 Å². The fourth-order valence-electron chi connectivity index (χ4n) is 2.31. The van der Waals surface area contributed by atoms with Gasteiger partial charge in [0, 0.05) is 12.5 Å². The smallest absolute Gasteiger partial charge is 0.122 e. The Morgan fingerprint density at radius 3 is 2.88 bits per heavy atom. The number of aliphatic hydroxyl groups is 1. The molecule has 1 saturated heterocycles. The van der Waals surface area contributed by atoms with E-state index in [1.807, 2.05) is 31.2 Å². The van der Waals surface area contributed by atoms with E-state index in [1.54, 1.807) is 0 Å². The summed E-state index contributed by atoms with van der Waals surface area (Å²) in [5.41, 5.74) is 1.11. The maximum Gasteiger partial charge on any atom is 0.122 e. The highest BCUT2D eigenvalue weighted by molar-refractivity contribution is 5.31. The van der Waals surface area contributed by atoms with Crippen molar-refractivity contribution in [2.24, 2.45) is 5.92 Å². The molecule has 2 unspecified atom stereocenters. The Bertz CT molecular complexity index is 367. The number of ether oxygens (including phenoxy) is 1. The molecule has 3 heteroatoms. The van der Waals surface area contributed by atoms with Crippen LogP contribution in [0, 0.1) is 12.8 Å². The molecule has 1 aliphatic heterocycles. The molecular weight excluding hydrogens is 214 g/mol. The summed E-state index contributed by atoms with van der Waals surface area (Å²) in [4.78, 5) is 2.25. The maximum absolute atomic E-state index is 10.1. The SMILES string of the molecule is Cc1ccccc1OCC(O)C1CCN(C)C1. The lowest BCUT2D eigenvalue weighted by Crippen LogP contribution is -2.29. The first-order valence-electron chi connectivity index (χ1n) is 6.22. The van der Waals surface area contributed by atoms with E-state index in [2.05, 4.69) is 11.9 Å². The van der Waals surface area contributed by atoms with Gasteiger partial charge in [0.05, 0.1) is 6.10 Å². The van der Waals surface area contributed by atoms with Gasteiger partial charge in [0.15, 0.2) is 0 Å². The number of benzene rings is 1. The van der Waals surface area contributed by atoms with Crippen molar-refractivity contribution < 1.29 is 9.84 Å². The monoisotopic (exact) mass is 235 g/mol. The van der Waals surface area contributed by atoms with Crippen molar-refractivity contribution in [2.75, 3.05) is 26.7 Å². The van der Waals surface area contributed by atoms with Crippen LogP contribution in [0.3, 0.4) is 0 Å². The van der Waals surface area contributed by atoms with E-state index in [9.17, 15) is 5.11 Å². The molecule has 3 nitrogen and oxygen atoms in total. The molecule has 0 aliphatic carbocycles. The fraction of sp³-hybridized carbons (Fsp3) is 0.571. The molecule has 0 spiro atoms. The molecule has 1 aliphatic rings. The number of nitrogens with zero attached hydrogens (tertiary/aromatic N) is 1. The molecule has 0 aromatic heterocycles. The van der Waals surface area contributed by atoms with E-state index in [4.69, 9.17) is 4.74 Å². The number of para-hydroxylation sites is 1. The summed E-state index contributed by atoms with van der Waals surface area (Å²) in [5, 5.41) is 10.1. The molecule has 1 aromatic carbocycles. The average Bonchev–Trinajstić information content (AvgIpc) is 2.74. The Hall–Kier alpha value is -1.06. The Kier molecular flexibility index (Phi) is 4.02. The quantitative estimate of drug-likeness (QED) is 0.862. The van der Waals surface area contributed by atoms with Crippen LogP contribution in [0.25, 0.3) is 0 Å². The molecule has 1 N–H and O–H groups in total. The summed E-state index contributed by atoms with van der Waals surface area (Å²) in [6.45, 7) is 4.46. The Morgan fingerprint density at radius 2 is 2.24 bits per heavy atom. The van der Waals surface area contributed by atoms with Crippen molar-refractivity contribution >= 4 is 0 Å². The Labute approximate surface area is 103 Å². The van der Waals surface area contributed by atoms with Crippen molar-refractivity contribution in [3.05, 3.63) is 29.8 Å². The Balaban J connectivity index is 1.84. The summed E-state index contributed by atoms with van der Waals surface area (Å²) >= 11 is 0. The van der Waals surface area contributed by atoms with Gasteiger partial charge in [-0.15, -0.1) is 0 Å². The topological polar surface area (TPSA) is 32.7 Å². The van der Waals surface area contributed by atoms with E-state index in [0.717, 1.165) is 30.8 Å². The first-order valence-corrected chi connectivity index (χ1v) is 6.22. The van der Waals surface area contributed by atoms with E-state index in [-0.39, 0.29) is 6.10 Å². The second kappa shape index (κ2) is 5.52. The van der Waals surface area contributed by atoms with Gasteiger partial charge in [0.2, 0.25) is 0 Å². The molecular formula is C14H21NO2. The lowest BCUT2D eigenvalue weighted by atomic mass is 10.0. The molecule has 0 saturated carbocycles. The average molecular weight is 235 g/mol. The Morgan fingerprint density at radius 1 is 1.47 bits per heavy atom. The zero-order chi connectivity index (χ0) is 12.3. The zero-order valence-electron chi connectivity index (χ0n) is 10.6. The minimum Gasteiger partial charge on any atom is -0.491 e. The summed E-state index contributed by atoms with van der Waals surface area (Å²) in [7, 11) is 2.09. The summed E-state index contributed by atoms with van der Waals surface area (Å²) in [6.07, 6.45) is 0.703. The van der Waals surface area contributed by atoms with Gasteiger partial charge in [-0.3, -0.25) is 0 Å². The van der Waals surface area contributed by atoms with Crippen LogP contribution in [0.2, 0.25) is 0 Å². The van der Waals surface area contributed by atoms with Gasteiger partial charge in [-0.1, -0.05) is 18.2 Å². The molecule has 0 bridgehead atoms. The zero-order valence-corrected chi connectivity index (χ0v) is 10.6. The van der Waals surface area contributed by atoms with Crippen LogP contribution in [-0.4, -0.2) is 42.9 Å². The fourth-order valence-corrected chi connectivity index (χ4v) is 2.31. The van der Waals surface area contributed by atoms with Gasteiger partial charge in [0.1, 0.15) is 12.4 Å². The van der Waals surface area contributed by atoms with Crippen LogP contribution in [-0.2, 0) is 0 Å². The van der Waals surface area contributed by atoms with Gasteiger partial charge < -0.3 is 14.7 Å². The van der Waals surface area contributed by atoms with E-state index < -0.39 is 0 Å². The number of aliphatic hydroxyl groups excluding tert-OH is 1. The normalized spacial score (nSPS) is 22.6. The molecule has 2 atom stereocenters. The van der Waals surface area contributed by atoms with Crippen molar-refractivity contribution in [2.45, 2.75) is 19.4 Å². The van der Waals surface area contributed by atoms with Crippen LogP contribution in [0.5, 0.6) is 5.75 Å². The molecule has 94 valence electrons. The minimum absolute atomic E-state index is 0.351. The second-order valence-corrected chi connectivity index (χ2v) is 4.95. The molecule has 1 aromatic rings. The van der Waals surface area contributed by atoms with Crippen molar-refractivity contribution in [1.82, 2.24) is 4.90 Å². The lowest BCUT2D eigenvalue weighted by Gasteiger charge is -2.19. The van der Waals surface area contributed by atoms with Crippen molar-refractivity contribution in [3.8, 4) is 5.75 Å². The number of aryl methyl sites for hydroxylation is 1. The number of likely N-dealkylation sites (tertiary alicyclic amines) is 1. The summed E-state index contributed by atoms with van der Waals surface area (Å²) < 4.78 is 5.68. The van der Waals surface area contributed by atoms with Crippen LogP contribution in [0.15, 0.2) is 24.3 Å². The first kappa shape index (κ1) is 12.4. The van der Waals surface area contributed by atoms with Crippen molar-refractivity contribution in [3.63, 3.8) is 0 Å². The molecule has 17 heavy (non-hydrogen) atoms. The molecule has 1 heterocycles. The third-order valence-electron chi connectivity index (χ3n) is 3.48. The highest BCUT2D eigenvalue weighted by Gasteiger charge is 2.26. The lowest BCUT2D eigenvalue weighted by molar-refractivity contribution is 0.0605.